The lowest BCUT2D eigenvalue weighted by atomic mass is 9.84. The van der Waals surface area contributed by atoms with Crippen LogP contribution in [0, 0.1) is 23.4 Å². The Labute approximate surface area is 810 Å². The standard InChI is InChI=1S/C35H49N5O5Si.C26H36N4O2Si.C25H28N4O2.C9H14ClNO3.C6H2ClF3O2S/c1-35(2,3)45-34(43)39-17-16-31(39)33(42)40(22-27-13-12-26(21-36-27)25-10-8-7-9-11-25)28-14-15-29-30(20-28)37-23-38(32(29)41)24-44-18-19-46(4,5)6;1-33(2,3)14-13-32-19-30-18-29-25-15-22(11-12-24(25)26(30)31)28-17-23-10-9-21(16-27-23)20-7-5-4-6-8-20;30-24-22-12-11-21(13-23(22)27-16-28-24)29(25(31)18-7-4-8-18)15-20-10-9-19(14-26-20)17-5-2-1-3-6-17;1-9(2,3)14-8(13)11-5-4-6(11)7(10)12;7-13(11,12)3-1-4(8)6(10)5(9)2-3/h12-15,20-21,23,25,31H,7-11,16-19,22,24H2,1-6H3;9-12,15-16,18,20,28H,4-8,13-14,17,19H2,1-3H3;9-14,16-18H,1-8,15H2,(H,27,28,30);6H,4-5H2,1-3H3;1-2H/t31-;;;6-;/m1..1./s1. The number of anilines is 3. The lowest BCUT2D eigenvalue weighted by Gasteiger charge is -2.42. The highest BCUT2D eigenvalue weighted by Gasteiger charge is 2.43. The Hall–Kier alpha value is -10.6. The van der Waals surface area contributed by atoms with Gasteiger partial charge in [-0.3, -0.25) is 62.7 Å². The molecule has 2 aliphatic heterocycles. The Kier molecular flexibility index (Phi) is 36.4. The first-order valence-corrected chi connectivity index (χ1v) is 57.7. The number of nitrogens with one attached hydrogen (secondary N) is 2. The number of hydrogen-bond donors (Lipinski definition) is 2. The van der Waals surface area contributed by atoms with E-state index in [9.17, 15) is 59.9 Å². The Morgan fingerprint density at radius 3 is 1.31 bits per heavy atom. The highest BCUT2D eigenvalue weighted by atomic mass is 35.7. The molecular weight excluding hydrogens is 1850 g/mol. The number of nitrogens with zero attached hydrogens (tertiary/aromatic N) is 12. The summed E-state index contributed by atoms with van der Waals surface area (Å²) in [6.07, 6.45) is 32.8. The normalized spacial score (nSPS) is 16.8. The number of aromatic amines is 1. The van der Waals surface area contributed by atoms with E-state index in [-0.39, 0.29) is 54.4 Å². The van der Waals surface area contributed by atoms with Gasteiger partial charge < -0.3 is 39.0 Å². The van der Waals surface area contributed by atoms with Crippen molar-refractivity contribution < 1.29 is 64.5 Å². The number of likely N-dealkylation sites (tertiary alicyclic amines) is 2. The van der Waals surface area contributed by atoms with E-state index in [4.69, 9.17) is 51.2 Å². The van der Waals surface area contributed by atoms with E-state index in [0.717, 1.165) is 59.8 Å². The third-order valence-corrected chi connectivity index (χ3v) is 30.3. The van der Waals surface area contributed by atoms with E-state index >= 15 is 0 Å². The van der Waals surface area contributed by atoms with Gasteiger partial charge in [0.15, 0.2) is 17.5 Å². The molecule has 0 radical (unpaired) electrons. The average molecular weight is 1980 g/mol. The minimum atomic E-state index is -4.24. The molecule has 0 bridgehead atoms. The highest BCUT2D eigenvalue weighted by Crippen LogP contribution is 2.38. The van der Waals surface area contributed by atoms with Gasteiger partial charge in [-0.1, -0.05) is 122 Å². The third kappa shape index (κ3) is 30.2. The molecule has 2 atom stereocenters. The Balaban J connectivity index is 0.000000164. The zero-order valence-electron chi connectivity index (χ0n) is 80.5. The average Bonchev–Trinajstić information content (AvgIpc) is 0.766. The minimum Gasteiger partial charge on any atom is -0.444 e. The molecule has 4 aliphatic carbocycles. The zero-order chi connectivity index (χ0) is 98.7. The molecule has 8 heterocycles. The maximum Gasteiger partial charge on any atom is 0.410 e. The maximum absolute atomic E-state index is 14.1. The van der Waals surface area contributed by atoms with Crippen molar-refractivity contribution in [2.24, 2.45) is 5.92 Å². The molecule has 16 rings (SSSR count). The smallest absolute Gasteiger partial charge is 0.410 e. The SMILES string of the molecule is CC(C)(C)OC(=O)N1CC[C@@H]1C(=O)Cl.CC(C)(C)OC(=O)N1CC[C@@H]1C(=O)N(Cc1ccc(C2CCCCC2)cn1)c1ccc2c(=O)n(COCC[Si](C)(C)C)cnc2c1.C[Si](C)(C)CCOCn1cnc2cc(NCc3ccc(C4CCCCC4)cn3)ccc2c1=O.O=C(C1CCC1)N(Cc1ccc(C2CCCCC2)cn1)c1ccc2c(=O)[nH]cnc2c1.O=S(=O)(Cl)c1cc(F)c(F)c(F)c1. The Morgan fingerprint density at radius 1 is 0.496 bits per heavy atom. The Bertz CT molecular complexity index is 6140. The van der Waals surface area contributed by atoms with Gasteiger partial charge in [0.25, 0.3) is 25.7 Å². The molecule has 0 unspecified atom stereocenters. The van der Waals surface area contributed by atoms with Crippen molar-refractivity contribution in [1.82, 2.24) is 53.8 Å². The first-order chi connectivity index (χ1) is 65.0. The monoisotopic (exact) mass is 1980 g/mol. The van der Waals surface area contributed by atoms with Crippen molar-refractivity contribution >= 4 is 126 Å². The quantitative estimate of drug-likeness (QED) is 0.0220. The molecule has 10 aromatic rings. The number of aromatic nitrogens is 9. The number of carbonyl (C=O) groups excluding carboxylic acids is 5. The van der Waals surface area contributed by atoms with Crippen LogP contribution in [0.15, 0.2) is 160 Å². The van der Waals surface area contributed by atoms with Crippen LogP contribution >= 0.6 is 22.3 Å². The molecule has 36 heteroatoms. The topological polar surface area (TPSA) is 336 Å². The maximum atomic E-state index is 14.1. The number of H-pyrrole nitrogens is 1. The van der Waals surface area contributed by atoms with E-state index in [1.807, 2.05) is 80.7 Å². The summed E-state index contributed by atoms with van der Waals surface area (Å²) in [5, 5.41) is 4.49. The second-order valence-corrected chi connectivity index (χ2v) is 54.8. The summed E-state index contributed by atoms with van der Waals surface area (Å²) in [5.74, 6) is -3.12. The van der Waals surface area contributed by atoms with Gasteiger partial charge >= 0.3 is 12.2 Å². The summed E-state index contributed by atoms with van der Waals surface area (Å²) in [5.41, 5.74) is 8.96. The van der Waals surface area contributed by atoms with Crippen LogP contribution < -0.4 is 31.8 Å². The lowest BCUT2D eigenvalue weighted by molar-refractivity contribution is -0.128. The summed E-state index contributed by atoms with van der Waals surface area (Å²) < 4.78 is 83.5. The van der Waals surface area contributed by atoms with Crippen molar-refractivity contribution in [3.63, 3.8) is 0 Å². The van der Waals surface area contributed by atoms with Gasteiger partial charge in [-0.05, 0) is 249 Å². The molecule has 0 spiro atoms. The first-order valence-electron chi connectivity index (χ1n) is 47.6. The van der Waals surface area contributed by atoms with Crippen LogP contribution in [-0.4, -0.2) is 157 Å². The number of amides is 4. The number of benzene rings is 4. The molecular formula is C101H129Cl2F3N14O14SSi2. The Morgan fingerprint density at radius 2 is 0.912 bits per heavy atom. The van der Waals surface area contributed by atoms with Crippen molar-refractivity contribution in [3.8, 4) is 0 Å². The molecule has 2 N–H and O–H groups in total. The van der Waals surface area contributed by atoms with Crippen LogP contribution in [-0.2, 0) is 75.5 Å². The molecule has 736 valence electrons. The van der Waals surface area contributed by atoms with Crippen LogP contribution in [0.2, 0.25) is 51.4 Å². The molecule has 28 nitrogen and oxygen atoms in total. The van der Waals surface area contributed by atoms with Crippen LogP contribution in [0.3, 0.4) is 0 Å². The van der Waals surface area contributed by atoms with Crippen molar-refractivity contribution in [1.29, 1.82) is 0 Å². The van der Waals surface area contributed by atoms with Crippen molar-refractivity contribution in [2.45, 2.75) is 300 Å². The van der Waals surface area contributed by atoms with E-state index < -0.39 is 88.3 Å². The molecule has 6 aliphatic rings. The van der Waals surface area contributed by atoms with E-state index in [1.54, 1.807) is 56.3 Å². The summed E-state index contributed by atoms with van der Waals surface area (Å²) in [6, 6.07) is 30.6. The number of ether oxygens (including phenoxy) is 4. The predicted octanol–water partition coefficient (Wildman–Crippen LogP) is 20.9. The van der Waals surface area contributed by atoms with Crippen molar-refractivity contribution in [2.75, 3.05) is 41.4 Å². The fourth-order valence-electron chi connectivity index (χ4n) is 16.9. The van der Waals surface area contributed by atoms with Crippen LogP contribution in [0.5, 0.6) is 0 Å². The number of rotatable bonds is 26. The molecule has 6 aromatic heterocycles. The predicted molar refractivity (Wildman–Crippen MR) is 533 cm³/mol. The van der Waals surface area contributed by atoms with Gasteiger partial charge in [-0.15, -0.1) is 0 Å². The molecule has 2 saturated heterocycles. The number of halogens is 5. The number of carbonyl (C=O) groups is 5. The highest BCUT2D eigenvalue weighted by molar-refractivity contribution is 8.13. The number of hydrogen-bond acceptors (Lipinski definition) is 21. The largest absolute Gasteiger partial charge is 0.444 e. The van der Waals surface area contributed by atoms with Gasteiger partial charge in [0.2, 0.25) is 17.1 Å². The minimum absolute atomic E-state index is 0.0699. The molecule has 4 amide bonds. The molecule has 137 heavy (non-hydrogen) atoms. The van der Waals surface area contributed by atoms with Gasteiger partial charge in [0, 0.05) is 94.7 Å². The van der Waals surface area contributed by atoms with Gasteiger partial charge in [-0.25, -0.2) is 46.1 Å². The molecule has 4 saturated carbocycles. The van der Waals surface area contributed by atoms with Crippen LogP contribution in [0.25, 0.3) is 32.7 Å². The van der Waals surface area contributed by atoms with E-state index in [0.29, 0.717) is 121 Å². The zero-order valence-corrected chi connectivity index (χ0v) is 84.9. The summed E-state index contributed by atoms with van der Waals surface area (Å²) in [7, 11) is -1.85. The number of fused-ring (bicyclic) bond motifs is 3. The van der Waals surface area contributed by atoms with Crippen LogP contribution in [0.1, 0.15) is 221 Å². The van der Waals surface area contributed by atoms with Gasteiger partial charge in [0.1, 0.15) is 49.4 Å². The third-order valence-electron chi connectivity index (χ3n) is 25.3. The lowest BCUT2D eigenvalue weighted by Crippen LogP contribution is -2.59. The second kappa shape index (κ2) is 47.4. The summed E-state index contributed by atoms with van der Waals surface area (Å²) in [4.78, 5) is 136. The second-order valence-electron chi connectivity index (χ2n) is 40.6. The number of pyridine rings is 3. The first kappa shape index (κ1) is 105. The fraction of sp³-hybridized carbons (Fsp3) is 0.505. The summed E-state index contributed by atoms with van der Waals surface area (Å²) >= 11 is 5.30. The van der Waals surface area contributed by atoms with Crippen LogP contribution in [0.4, 0.5) is 39.8 Å². The fourth-order valence-corrected chi connectivity index (χ4v) is 19.4. The van der Waals surface area contributed by atoms with E-state index in [2.05, 4.69) is 99.9 Å². The van der Waals surface area contributed by atoms with Gasteiger partial charge in [0.05, 0.1) is 80.6 Å². The van der Waals surface area contributed by atoms with Gasteiger partial charge in [-0.2, -0.15) is 0 Å². The van der Waals surface area contributed by atoms with Crippen molar-refractivity contribution in [3.05, 3.63) is 223 Å². The molecule has 6 fully saturated rings. The van der Waals surface area contributed by atoms with E-state index in [1.165, 1.54) is 145 Å². The molecule has 4 aromatic carbocycles. The summed E-state index contributed by atoms with van der Waals surface area (Å²) in [6.45, 7) is 28.5.